The molecule has 1 saturated heterocycles. The minimum Gasteiger partial charge on any atom is -0.431 e. The molecule has 0 saturated carbocycles. The average molecular weight is 400 g/mol. The van der Waals surface area contributed by atoms with Crippen LogP contribution in [-0.2, 0) is 0 Å². The number of thiophene rings is 1. The fourth-order valence-corrected chi connectivity index (χ4v) is 3.64. The molecular formula is C19H17FN4O3S. The second-order valence-electron chi connectivity index (χ2n) is 6.20. The van der Waals surface area contributed by atoms with Crippen molar-refractivity contribution < 1.29 is 18.4 Å². The van der Waals surface area contributed by atoms with E-state index < -0.39 is 0 Å². The summed E-state index contributed by atoms with van der Waals surface area (Å²) in [5, 5.41) is 4.32. The van der Waals surface area contributed by atoms with E-state index in [1.165, 1.54) is 23.7 Å². The molecular weight excluding hydrogens is 383 g/mol. The van der Waals surface area contributed by atoms with Crippen LogP contribution in [0.1, 0.15) is 20.2 Å². The first kappa shape index (κ1) is 18.2. The summed E-state index contributed by atoms with van der Waals surface area (Å²) in [7, 11) is 0. The molecule has 0 bridgehead atoms. The second-order valence-corrected chi connectivity index (χ2v) is 7.15. The minimum absolute atomic E-state index is 0.0215. The van der Waals surface area contributed by atoms with Crippen molar-refractivity contribution >= 4 is 34.9 Å². The van der Waals surface area contributed by atoms with Crippen LogP contribution in [0, 0.1) is 5.82 Å². The zero-order chi connectivity index (χ0) is 19.5. The lowest BCUT2D eigenvalue weighted by molar-refractivity contribution is 0.0740. The van der Waals surface area contributed by atoms with E-state index in [4.69, 9.17) is 4.42 Å². The molecule has 1 aliphatic rings. The van der Waals surface area contributed by atoms with Crippen LogP contribution in [0.25, 0.3) is 0 Å². The van der Waals surface area contributed by atoms with Crippen LogP contribution in [0.2, 0.25) is 0 Å². The van der Waals surface area contributed by atoms with Crippen LogP contribution < -0.4 is 10.2 Å². The van der Waals surface area contributed by atoms with Crippen LogP contribution in [0.4, 0.5) is 16.1 Å². The molecule has 2 amide bonds. The van der Waals surface area contributed by atoms with E-state index in [2.05, 4.69) is 10.3 Å². The molecule has 0 aliphatic carbocycles. The Labute approximate surface area is 164 Å². The third-order valence-electron chi connectivity index (χ3n) is 4.45. The summed E-state index contributed by atoms with van der Waals surface area (Å²) in [6.07, 6.45) is 1.23. The average Bonchev–Trinajstić information content (AvgIpc) is 3.40. The molecule has 3 heterocycles. The molecule has 9 heteroatoms. The van der Waals surface area contributed by atoms with Gasteiger partial charge in [-0.25, -0.2) is 4.39 Å². The first-order valence-corrected chi connectivity index (χ1v) is 9.59. The molecule has 0 atom stereocenters. The maximum Gasteiger partial charge on any atom is 0.302 e. The Bertz CT molecular complexity index is 981. The minimum atomic E-state index is -0.339. The molecule has 7 nitrogen and oxygen atoms in total. The summed E-state index contributed by atoms with van der Waals surface area (Å²) in [5.41, 5.74) is 0.662. The van der Waals surface area contributed by atoms with E-state index >= 15 is 0 Å². The molecule has 1 fully saturated rings. The van der Waals surface area contributed by atoms with Gasteiger partial charge in [0.2, 0.25) is 0 Å². The fourth-order valence-electron chi connectivity index (χ4n) is 3.02. The molecule has 1 aliphatic heterocycles. The normalized spacial score (nSPS) is 14.2. The Hall–Kier alpha value is -3.20. The highest BCUT2D eigenvalue weighted by molar-refractivity contribution is 7.12. The number of benzene rings is 1. The summed E-state index contributed by atoms with van der Waals surface area (Å²) >= 11 is 1.30. The van der Waals surface area contributed by atoms with Gasteiger partial charge < -0.3 is 14.2 Å². The summed E-state index contributed by atoms with van der Waals surface area (Å²) in [4.78, 5) is 32.8. The number of carbonyl (C=O) groups is 2. The van der Waals surface area contributed by atoms with Crippen LogP contribution in [-0.4, -0.2) is 47.9 Å². The number of rotatable bonds is 4. The summed E-state index contributed by atoms with van der Waals surface area (Å²) < 4.78 is 19.1. The van der Waals surface area contributed by atoms with Gasteiger partial charge in [0, 0.05) is 26.2 Å². The van der Waals surface area contributed by atoms with Crippen LogP contribution in [0.3, 0.4) is 0 Å². The summed E-state index contributed by atoms with van der Waals surface area (Å²) in [5.74, 6) is -0.896. The van der Waals surface area contributed by atoms with E-state index in [1.807, 2.05) is 4.90 Å². The van der Waals surface area contributed by atoms with Crippen LogP contribution in [0.5, 0.6) is 0 Å². The Morgan fingerprint density at radius 3 is 2.61 bits per heavy atom. The van der Waals surface area contributed by atoms with Gasteiger partial charge in [0.15, 0.2) is 5.69 Å². The number of hydrogen-bond acceptors (Lipinski definition) is 6. The van der Waals surface area contributed by atoms with Gasteiger partial charge in [-0.05, 0) is 23.6 Å². The molecule has 4 rings (SSSR count). The van der Waals surface area contributed by atoms with E-state index in [0.717, 1.165) is 0 Å². The SMILES string of the molecule is O=C(Nc1nc(C(=O)N2CCN(c3ccccc3F)CC2)co1)c1cccs1. The highest BCUT2D eigenvalue weighted by atomic mass is 32.1. The molecule has 3 aromatic rings. The summed E-state index contributed by atoms with van der Waals surface area (Å²) in [6.45, 7) is 1.92. The maximum atomic E-state index is 13.9. The van der Waals surface area contributed by atoms with Crippen molar-refractivity contribution in [2.24, 2.45) is 0 Å². The monoisotopic (exact) mass is 400 g/mol. The van der Waals surface area contributed by atoms with E-state index in [-0.39, 0.29) is 29.3 Å². The Kier molecular flexibility index (Phi) is 5.07. The van der Waals surface area contributed by atoms with E-state index in [9.17, 15) is 14.0 Å². The molecule has 0 radical (unpaired) electrons. The highest BCUT2D eigenvalue weighted by Gasteiger charge is 2.26. The molecule has 0 spiro atoms. The number of halogens is 1. The molecule has 2 aromatic heterocycles. The number of piperazine rings is 1. The van der Waals surface area contributed by atoms with Crippen molar-refractivity contribution in [1.82, 2.24) is 9.88 Å². The van der Waals surface area contributed by atoms with Crippen molar-refractivity contribution in [3.63, 3.8) is 0 Å². The number of aromatic nitrogens is 1. The third kappa shape index (κ3) is 3.74. The van der Waals surface area contributed by atoms with E-state index in [0.29, 0.717) is 36.7 Å². The standard InChI is InChI=1S/C19H17FN4O3S/c20-13-4-1-2-5-15(13)23-7-9-24(10-8-23)18(26)14-12-27-19(21-14)22-17(25)16-6-3-11-28-16/h1-6,11-12H,7-10H2,(H,21,22,25). The zero-order valence-electron chi connectivity index (χ0n) is 14.8. The molecule has 28 heavy (non-hydrogen) atoms. The molecule has 0 unspecified atom stereocenters. The maximum absolute atomic E-state index is 13.9. The van der Waals surface area contributed by atoms with Gasteiger partial charge in [0.1, 0.15) is 12.1 Å². The van der Waals surface area contributed by atoms with Crippen LogP contribution in [0.15, 0.2) is 52.5 Å². The third-order valence-corrected chi connectivity index (χ3v) is 5.32. The van der Waals surface area contributed by atoms with Crippen molar-refractivity contribution in [2.45, 2.75) is 0 Å². The van der Waals surface area contributed by atoms with Crippen molar-refractivity contribution in [3.8, 4) is 0 Å². The largest absolute Gasteiger partial charge is 0.431 e. The predicted octanol–water partition coefficient (Wildman–Crippen LogP) is 3.09. The van der Waals surface area contributed by atoms with E-state index in [1.54, 1.807) is 40.6 Å². The lowest BCUT2D eigenvalue weighted by atomic mass is 10.2. The Morgan fingerprint density at radius 1 is 1.11 bits per heavy atom. The van der Waals surface area contributed by atoms with Gasteiger partial charge in [0.05, 0.1) is 10.6 Å². The number of nitrogens with zero attached hydrogens (tertiary/aromatic N) is 3. The lowest BCUT2D eigenvalue weighted by Crippen LogP contribution is -2.49. The van der Waals surface area contributed by atoms with Gasteiger partial charge in [-0.15, -0.1) is 11.3 Å². The fraction of sp³-hybridized carbons (Fsp3) is 0.211. The number of hydrogen-bond donors (Lipinski definition) is 1. The zero-order valence-corrected chi connectivity index (χ0v) is 15.6. The van der Waals surface area contributed by atoms with Gasteiger partial charge in [-0.2, -0.15) is 4.98 Å². The number of para-hydroxylation sites is 1. The van der Waals surface area contributed by atoms with Crippen molar-refractivity contribution in [2.75, 3.05) is 36.4 Å². The number of nitrogens with one attached hydrogen (secondary N) is 1. The number of amides is 2. The topological polar surface area (TPSA) is 78.7 Å². The highest BCUT2D eigenvalue weighted by Crippen LogP contribution is 2.21. The van der Waals surface area contributed by atoms with Gasteiger partial charge >= 0.3 is 6.01 Å². The Morgan fingerprint density at radius 2 is 1.89 bits per heavy atom. The number of carbonyl (C=O) groups excluding carboxylic acids is 2. The predicted molar refractivity (Wildman–Crippen MR) is 103 cm³/mol. The van der Waals surface area contributed by atoms with Gasteiger partial charge in [-0.1, -0.05) is 18.2 Å². The Balaban J connectivity index is 1.36. The van der Waals surface area contributed by atoms with Gasteiger partial charge in [-0.3, -0.25) is 14.9 Å². The van der Waals surface area contributed by atoms with Gasteiger partial charge in [0.25, 0.3) is 11.8 Å². The van der Waals surface area contributed by atoms with Crippen LogP contribution >= 0.6 is 11.3 Å². The second kappa shape index (κ2) is 7.81. The smallest absolute Gasteiger partial charge is 0.302 e. The first-order chi connectivity index (χ1) is 13.6. The molecule has 144 valence electrons. The van der Waals surface area contributed by atoms with Crippen molar-refractivity contribution in [3.05, 3.63) is 64.4 Å². The molecule has 1 N–H and O–H groups in total. The summed E-state index contributed by atoms with van der Waals surface area (Å²) in [6, 6.07) is 10.0. The molecule has 1 aromatic carbocycles. The van der Waals surface area contributed by atoms with Crippen molar-refractivity contribution in [1.29, 1.82) is 0 Å². The quantitative estimate of drug-likeness (QED) is 0.728. The lowest BCUT2D eigenvalue weighted by Gasteiger charge is -2.35. The number of anilines is 2. The number of oxazole rings is 1. The first-order valence-electron chi connectivity index (χ1n) is 8.71.